The molecule has 7 rings (SSSR count). The lowest BCUT2D eigenvalue weighted by Crippen LogP contribution is -2.45. The van der Waals surface area contributed by atoms with Crippen LogP contribution in [0.1, 0.15) is 24.6 Å². The number of fused-ring (bicyclic) bond motifs is 2. The van der Waals surface area contributed by atoms with Gasteiger partial charge in [-0.25, -0.2) is 24.6 Å². The number of piperidine rings is 1. The van der Waals surface area contributed by atoms with Gasteiger partial charge in [0, 0.05) is 54.7 Å². The summed E-state index contributed by atoms with van der Waals surface area (Å²) in [4.78, 5) is 21.7. The van der Waals surface area contributed by atoms with Gasteiger partial charge in [-0.15, -0.1) is 0 Å². The summed E-state index contributed by atoms with van der Waals surface area (Å²) in [5.74, 6) is 1.45. The topological polar surface area (TPSA) is 116 Å². The summed E-state index contributed by atoms with van der Waals surface area (Å²) >= 11 is 8.09. The maximum atomic E-state index is 6.64. The molecule has 1 spiro atoms. The third kappa shape index (κ3) is 3.85. The average molecular weight is 531 g/mol. The summed E-state index contributed by atoms with van der Waals surface area (Å²) in [5.41, 5.74) is 9.21. The zero-order valence-electron chi connectivity index (χ0n) is 19.8. The molecular weight excluding hydrogens is 508 g/mol. The van der Waals surface area contributed by atoms with E-state index in [1.54, 1.807) is 17.1 Å². The minimum atomic E-state index is 0.0319. The van der Waals surface area contributed by atoms with Crippen LogP contribution in [0.25, 0.3) is 17.0 Å². The molecule has 0 bridgehead atoms. The molecule has 1 atom stereocenters. The molecule has 0 amide bonds. The van der Waals surface area contributed by atoms with E-state index in [1.807, 2.05) is 48.9 Å². The quantitative estimate of drug-likeness (QED) is 0.369. The van der Waals surface area contributed by atoms with Crippen molar-refractivity contribution in [3.63, 3.8) is 0 Å². The van der Waals surface area contributed by atoms with Crippen molar-refractivity contribution >= 4 is 40.3 Å². The molecule has 0 radical (unpaired) electrons. The second-order valence-electron chi connectivity index (χ2n) is 9.46. The van der Waals surface area contributed by atoms with Gasteiger partial charge in [0.15, 0.2) is 11.5 Å². The SMILES string of the molecule is N[C@@H]1c2ccnn2CC12CCN(c1cnc3nc(Sc4ccnc(-n5cccn5)c4Cl)ccc3n1)CC2. The van der Waals surface area contributed by atoms with E-state index in [0.29, 0.717) is 16.5 Å². The predicted molar refractivity (Wildman–Crippen MR) is 141 cm³/mol. The van der Waals surface area contributed by atoms with Crippen molar-refractivity contribution < 1.29 is 0 Å². The summed E-state index contributed by atoms with van der Waals surface area (Å²) in [6.07, 6.45) is 10.9. The van der Waals surface area contributed by atoms with E-state index in [4.69, 9.17) is 27.3 Å². The summed E-state index contributed by atoms with van der Waals surface area (Å²) in [6, 6.07) is 9.68. The van der Waals surface area contributed by atoms with Gasteiger partial charge in [-0.05, 0) is 43.2 Å². The first kappa shape index (κ1) is 22.6. The van der Waals surface area contributed by atoms with Crippen LogP contribution in [0.5, 0.6) is 0 Å². The number of anilines is 1. The zero-order chi connectivity index (χ0) is 25.0. The lowest BCUT2D eigenvalue weighted by Gasteiger charge is -2.41. The van der Waals surface area contributed by atoms with Crippen molar-refractivity contribution in [1.82, 2.24) is 39.5 Å². The van der Waals surface area contributed by atoms with E-state index in [2.05, 4.69) is 29.7 Å². The van der Waals surface area contributed by atoms with Crippen molar-refractivity contribution in [2.45, 2.75) is 35.3 Å². The van der Waals surface area contributed by atoms with Crippen LogP contribution in [-0.4, -0.2) is 52.6 Å². The second kappa shape index (κ2) is 8.79. The van der Waals surface area contributed by atoms with Gasteiger partial charge in [0.05, 0.1) is 23.0 Å². The van der Waals surface area contributed by atoms with E-state index in [0.717, 1.165) is 59.4 Å². The van der Waals surface area contributed by atoms with Gasteiger partial charge in [0.2, 0.25) is 0 Å². The molecule has 0 saturated carbocycles. The first-order chi connectivity index (χ1) is 18.1. The molecule has 2 aliphatic heterocycles. The Morgan fingerprint density at radius 2 is 1.89 bits per heavy atom. The van der Waals surface area contributed by atoms with Crippen LogP contribution in [0.15, 0.2) is 71.2 Å². The molecule has 0 unspecified atom stereocenters. The number of hydrogen-bond donors (Lipinski definition) is 1. The fourth-order valence-electron chi connectivity index (χ4n) is 5.35. The van der Waals surface area contributed by atoms with E-state index in [1.165, 1.54) is 11.8 Å². The molecule has 186 valence electrons. The molecule has 2 aliphatic rings. The fourth-order valence-corrected chi connectivity index (χ4v) is 6.46. The van der Waals surface area contributed by atoms with Crippen molar-refractivity contribution in [3.05, 3.63) is 72.0 Å². The highest BCUT2D eigenvalue weighted by atomic mass is 35.5. The van der Waals surface area contributed by atoms with Crippen LogP contribution < -0.4 is 10.6 Å². The van der Waals surface area contributed by atoms with E-state index in [-0.39, 0.29) is 11.5 Å². The van der Waals surface area contributed by atoms with E-state index >= 15 is 0 Å². The molecule has 10 nitrogen and oxygen atoms in total. The minimum absolute atomic E-state index is 0.0319. The molecule has 1 fully saturated rings. The van der Waals surface area contributed by atoms with Gasteiger partial charge >= 0.3 is 0 Å². The average Bonchev–Trinajstić information content (AvgIpc) is 3.66. The molecule has 7 heterocycles. The minimum Gasteiger partial charge on any atom is -0.355 e. The summed E-state index contributed by atoms with van der Waals surface area (Å²) < 4.78 is 3.71. The number of rotatable bonds is 4. The molecule has 37 heavy (non-hydrogen) atoms. The molecule has 5 aromatic rings. The number of hydrogen-bond acceptors (Lipinski definition) is 9. The third-order valence-corrected chi connectivity index (χ3v) is 8.89. The fraction of sp³-hybridized carbons (Fsp3) is 0.280. The van der Waals surface area contributed by atoms with Crippen LogP contribution >= 0.6 is 23.4 Å². The molecule has 0 aromatic carbocycles. The normalized spacial score (nSPS) is 18.5. The Morgan fingerprint density at radius 1 is 1.00 bits per heavy atom. The Bertz CT molecular complexity index is 1590. The number of halogens is 1. The maximum absolute atomic E-state index is 6.64. The monoisotopic (exact) mass is 530 g/mol. The Morgan fingerprint density at radius 3 is 2.70 bits per heavy atom. The zero-order valence-corrected chi connectivity index (χ0v) is 21.3. The van der Waals surface area contributed by atoms with Gasteiger partial charge in [-0.2, -0.15) is 10.2 Å². The lowest BCUT2D eigenvalue weighted by molar-refractivity contribution is 0.170. The Labute approximate surface area is 221 Å². The maximum Gasteiger partial charge on any atom is 0.179 e. The van der Waals surface area contributed by atoms with Crippen LogP contribution in [0, 0.1) is 5.41 Å². The van der Waals surface area contributed by atoms with Crippen LogP contribution in [0.2, 0.25) is 5.02 Å². The number of nitrogens with two attached hydrogens (primary N) is 1. The first-order valence-corrected chi connectivity index (χ1v) is 13.3. The second-order valence-corrected chi connectivity index (χ2v) is 10.9. The number of aromatic nitrogens is 8. The van der Waals surface area contributed by atoms with Crippen LogP contribution in [0.4, 0.5) is 5.82 Å². The number of pyridine rings is 2. The van der Waals surface area contributed by atoms with Gasteiger partial charge in [0.25, 0.3) is 0 Å². The molecular formula is C25H23ClN10S. The number of nitrogens with zero attached hydrogens (tertiary/aromatic N) is 9. The molecule has 1 saturated heterocycles. The highest BCUT2D eigenvalue weighted by Crippen LogP contribution is 2.47. The highest BCUT2D eigenvalue weighted by molar-refractivity contribution is 7.99. The van der Waals surface area contributed by atoms with Crippen molar-refractivity contribution in [1.29, 1.82) is 0 Å². The van der Waals surface area contributed by atoms with E-state index in [9.17, 15) is 0 Å². The highest BCUT2D eigenvalue weighted by Gasteiger charge is 2.47. The Kier molecular flexibility index (Phi) is 5.38. The van der Waals surface area contributed by atoms with E-state index < -0.39 is 0 Å². The lowest BCUT2D eigenvalue weighted by atomic mass is 9.73. The van der Waals surface area contributed by atoms with Crippen molar-refractivity contribution in [3.8, 4) is 5.82 Å². The largest absolute Gasteiger partial charge is 0.355 e. The molecule has 5 aromatic heterocycles. The smallest absolute Gasteiger partial charge is 0.179 e. The summed E-state index contributed by atoms with van der Waals surface area (Å²) in [7, 11) is 0. The first-order valence-electron chi connectivity index (χ1n) is 12.1. The summed E-state index contributed by atoms with van der Waals surface area (Å²) in [6.45, 7) is 2.67. The molecule has 12 heteroatoms. The standard InChI is InChI=1S/C25H23ClN10S/c26-21-18(5-9-28-24(21)35-11-1-8-30-35)37-20-3-2-16-23(33-20)29-14-19(32-16)34-12-6-25(7-13-34)15-36-17(22(25)27)4-10-31-36/h1-5,8-11,14,22H,6-7,12-13,15,27H2/t22-/m1/s1. The van der Waals surface area contributed by atoms with Gasteiger partial charge in [-0.1, -0.05) is 23.4 Å². The summed E-state index contributed by atoms with van der Waals surface area (Å²) in [5, 5.41) is 9.97. The third-order valence-electron chi connectivity index (χ3n) is 7.41. The van der Waals surface area contributed by atoms with Gasteiger partial charge in [-0.3, -0.25) is 4.68 Å². The predicted octanol–water partition coefficient (Wildman–Crippen LogP) is 3.91. The van der Waals surface area contributed by atoms with Gasteiger partial charge in [0.1, 0.15) is 16.4 Å². The van der Waals surface area contributed by atoms with Crippen molar-refractivity contribution in [2.24, 2.45) is 11.1 Å². The van der Waals surface area contributed by atoms with Crippen LogP contribution in [-0.2, 0) is 6.54 Å². The van der Waals surface area contributed by atoms with Crippen LogP contribution in [0.3, 0.4) is 0 Å². The molecule has 0 aliphatic carbocycles. The molecule has 2 N–H and O–H groups in total. The van der Waals surface area contributed by atoms with Crippen molar-refractivity contribution in [2.75, 3.05) is 18.0 Å². The Hall–Kier alpha value is -3.54. The van der Waals surface area contributed by atoms with Gasteiger partial charge < -0.3 is 10.6 Å². The Balaban J connectivity index is 1.08.